The molecule has 8 nitrogen and oxygen atoms in total. The van der Waals surface area contributed by atoms with Crippen LogP contribution in [0.1, 0.15) is 84.3 Å². The minimum atomic E-state index is -0.550. The number of hydrogen-bond donors (Lipinski definition) is 6. The van der Waals surface area contributed by atoms with Gasteiger partial charge in [0.25, 0.3) is 0 Å². The maximum absolute atomic E-state index is 11.4. The quantitative estimate of drug-likeness (QED) is 0.134. The number of nitrogens with one attached hydrogen (secondary N) is 2. The molecular weight excluding hydrogens is 580 g/mol. The van der Waals surface area contributed by atoms with Gasteiger partial charge in [0.1, 0.15) is 5.75 Å². The molecule has 0 spiro atoms. The zero-order valence-corrected chi connectivity index (χ0v) is 26.6. The van der Waals surface area contributed by atoms with Crippen molar-refractivity contribution in [2.24, 2.45) is 17.8 Å². The number of phenols is 3. The van der Waals surface area contributed by atoms with Crippen molar-refractivity contribution in [3.05, 3.63) is 94.8 Å². The lowest BCUT2D eigenvalue weighted by molar-refractivity contribution is -0.154. The van der Waals surface area contributed by atoms with E-state index in [0.717, 1.165) is 54.4 Å². The van der Waals surface area contributed by atoms with Crippen LogP contribution in [-0.4, -0.2) is 57.8 Å². The van der Waals surface area contributed by atoms with Gasteiger partial charge in [0.15, 0.2) is 11.5 Å². The minimum absolute atomic E-state index is 0.0272. The van der Waals surface area contributed by atoms with E-state index in [1.165, 1.54) is 12.7 Å². The molecule has 0 radical (unpaired) electrons. The van der Waals surface area contributed by atoms with Crippen molar-refractivity contribution in [1.29, 1.82) is 0 Å². The van der Waals surface area contributed by atoms with Crippen LogP contribution in [0.5, 0.6) is 23.0 Å². The van der Waals surface area contributed by atoms with E-state index in [-0.39, 0.29) is 41.1 Å². The number of H-pyrrole nitrogens is 1. The predicted octanol–water partition coefficient (Wildman–Crippen LogP) is 6.33. The predicted molar refractivity (Wildman–Crippen MR) is 176 cm³/mol. The average Bonchev–Trinajstić information content (AvgIpc) is 3.59. The highest BCUT2D eigenvalue weighted by atomic mass is 16.5. The summed E-state index contributed by atoms with van der Waals surface area (Å²) in [5, 5.41) is 47.2. The molecule has 0 amide bonds. The smallest absolute Gasteiger partial charge is 0.200 e. The molecule has 1 saturated heterocycles. The van der Waals surface area contributed by atoms with E-state index < -0.39 is 12.2 Å². The van der Waals surface area contributed by atoms with E-state index in [0.29, 0.717) is 36.5 Å². The Kier molecular flexibility index (Phi) is 8.61. The third-order valence-electron chi connectivity index (χ3n) is 11.2. The SMILES string of the molecule is CNC1C=CC2C(CC=CC2c2cc(C3CCC4C(O)CC(c5cc(O)c(O)c(OC)c5Cc5cc[nH]c5)OC4C3)ccc2O)C1. The topological polar surface area (TPSA) is 127 Å². The second-order valence-electron chi connectivity index (χ2n) is 13.7. The Bertz CT molecular complexity index is 1600. The number of methoxy groups -OCH3 is 1. The Morgan fingerprint density at radius 3 is 2.63 bits per heavy atom. The second-order valence-corrected chi connectivity index (χ2v) is 13.7. The van der Waals surface area contributed by atoms with Crippen LogP contribution in [0.4, 0.5) is 0 Å². The number of aromatic nitrogens is 1. The monoisotopic (exact) mass is 626 g/mol. The normalized spacial score (nSPS) is 32.1. The summed E-state index contributed by atoms with van der Waals surface area (Å²) in [5.41, 5.74) is 4.65. The van der Waals surface area contributed by atoms with E-state index in [2.05, 4.69) is 46.7 Å². The number of phenolic OH excluding ortho intramolecular Hbond substituents is 3. The van der Waals surface area contributed by atoms with Gasteiger partial charge in [-0.3, -0.25) is 0 Å². The number of aromatic hydroxyl groups is 3. The molecule has 2 aromatic carbocycles. The molecule has 7 rings (SSSR count). The number of allylic oxidation sites excluding steroid dienone is 3. The first-order chi connectivity index (χ1) is 22.3. The van der Waals surface area contributed by atoms with Gasteiger partial charge in [0.05, 0.1) is 25.4 Å². The van der Waals surface area contributed by atoms with Gasteiger partial charge in [0.2, 0.25) is 5.75 Å². The van der Waals surface area contributed by atoms with E-state index in [1.807, 2.05) is 31.6 Å². The molecule has 1 saturated carbocycles. The summed E-state index contributed by atoms with van der Waals surface area (Å²) in [5.74, 6) is 1.31. The summed E-state index contributed by atoms with van der Waals surface area (Å²) in [6, 6.07) is 10.0. The summed E-state index contributed by atoms with van der Waals surface area (Å²) < 4.78 is 12.4. The molecule has 244 valence electrons. The number of benzene rings is 2. The van der Waals surface area contributed by atoms with Crippen LogP contribution >= 0.6 is 0 Å². The Labute approximate surface area is 270 Å². The maximum atomic E-state index is 11.4. The number of aromatic amines is 1. The van der Waals surface area contributed by atoms with Crippen LogP contribution in [-0.2, 0) is 11.2 Å². The standard InChI is InChI=1S/C38H46N2O6/c1-39-25-8-10-26-24(15-25)4-3-5-27(26)29-16-22(7-11-32(29)41)23-6-9-28-33(42)19-36(46-35(28)17-23)30-18-34(43)37(44)38(45-2)31(30)14-21-12-13-40-20-21/h3,5,7-8,10-13,16,18,20,23-28,33,35-36,39-44H,4,6,9,14-15,17,19H2,1-2H3. The Morgan fingerprint density at radius 2 is 1.85 bits per heavy atom. The number of ether oxygens (including phenoxy) is 2. The Morgan fingerprint density at radius 1 is 0.978 bits per heavy atom. The van der Waals surface area contributed by atoms with Gasteiger partial charge in [-0.1, -0.05) is 36.4 Å². The second kappa shape index (κ2) is 12.8. The van der Waals surface area contributed by atoms with Crippen molar-refractivity contribution in [3.8, 4) is 23.0 Å². The summed E-state index contributed by atoms with van der Waals surface area (Å²) >= 11 is 0. The first-order valence-electron chi connectivity index (χ1n) is 16.8. The molecule has 9 unspecified atom stereocenters. The van der Waals surface area contributed by atoms with Crippen molar-refractivity contribution in [1.82, 2.24) is 10.3 Å². The Hall–Kier alpha value is -3.72. The molecule has 4 aliphatic rings. The third kappa shape index (κ3) is 5.72. The largest absolute Gasteiger partial charge is 0.508 e. The van der Waals surface area contributed by atoms with Crippen LogP contribution in [0.25, 0.3) is 0 Å². The third-order valence-corrected chi connectivity index (χ3v) is 11.2. The lowest BCUT2D eigenvalue weighted by Crippen LogP contribution is -2.44. The fourth-order valence-corrected chi connectivity index (χ4v) is 8.76. The van der Waals surface area contributed by atoms with Crippen LogP contribution in [0.15, 0.2) is 67.0 Å². The number of likely N-dealkylation sites (N-methyl/N-ethyl adjacent to an activating group) is 1. The van der Waals surface area contributed by atoms with Crippen molar-refractivity contribution < 1.29 is 29.9 Å². The van der Waals surface area contributed by atoms with E-state index >= 15 is 0 Å². The molecule has 46 heavy (non-hydrogen) atoms. The maximum Gasteiger partial charge on any atom is 0.200 e. The zero-order valence-electron chi connectivity index (χ0n) is 26.6. The van der Waals surface area contributed by atoms with Gasteiger partial charge in [-0.05, 0) is 91.8 Å². The molecule has 1 aliphatic heterocycles. The number of aliphatic hydroxyl groups excluding tert-OH is 1. The molecule has 9 atom stereocenters. The molecule has 3 aliphatic carbocycles. The first kappa shape index (κ1) is 30.9. The highest BCUT2D eigenvalue weighted by Crippen LogP contribution is 2.51. The van der Waals surface area contributed by atoms with Gasteiger partial charge < -0.3 is 40.2 Å². The molecule has 8 heteroatoms. The molecule has 0 bridgehead atoms. The summed E-state index contributed by atoms with van der Waals surface area (Å²) in [6.45, 7) is 0. The molecule has 3 aromatic rings. The molecule has 2 fully saturated rings. The van der Waals surface area contributed by atoms with Gasteiger partial charge in [-0.15, -0.1) is 0 Å². The molecular formula is C38H46N2O6. The zero-order chi connectivity index (χ0) is 31.9. The van der Waals surface area contributed by atoms with E-state index in [9.17, 15) is 20.4 Å². The van der Waals surface area contributed by atoms with Crippen LogP contribution in [0, 0.1) is 17.8 Å². The van der Waals surface area contributed by atoms with Gasteiger partial charge >= 0.3 is 0 Å². The first-order valence-corrected chi connectivity index (χ1v) is 16.8. The lowest BCUT2D eigenvalue weighted by Gasteiger charge is -2.45. The number of rotatable bonds is 7. The summed E-state index contributed by atoms with van der Waals surface area (Å²) in [7, 11) is 3.50. The van der Waals surface area contributed by atoms with Crippen molar-refractivity contribution in [2.75, 3.05) is 14.2 Å². The summed E-state index contributed by atoms with van der Waals surface area (Å²) in [6.07, 6.45) is 17.3. The van der Waals surface area contributed by atoms with Crippen LogP contribution in [0.3, 0.4) is 0 Å². The molecule has 2 heterocycles. The molecule has 6 N–H and O–H groups in total. The van der Waals surface area contributed by atoms with Gasteiger partial charge in [-0.2, -0.15) is 0 Å². The van der Waals surface area contributed by atoms with E-state index in [4.69, 9.17) is 9.47 Å². The number of hydrogen-bond acceptors (Lipinski definition) is 7. The number of fused-ring (bicyclic) bond motifs is 2. The fraction of sp³-hybridized carbons (Fsp3) is 0.474. The lowest BCUT2D eigenvalue weighted by atomic mass is 9.67. The summed E-state index contributed by atoms with van der Waals surface area (Å²) in [4.78, 5) is 3.07. The van der Waals surface area contributed by atoms with Crippen molar-refractivity contribution >= 4 is 0 Å². The van der Waals surface area contributed by atoms with Gasteiger partial charge in [0, 0.05) is 54.2 Å². The van der Waals surface area contributed by atoms with E-state index in [1.54, 1.807) is 6.07 Å². The highest BCUT2D eigenvalue weighted by molar-refractivity contribution is 5.59. The highest BCUT2D eigenvalue weighted by Gasteiger charge is 2.44. The fourth-order valence-electron chi connectivity index (χ4n) is 8.76. The van der Waals surface area contributed by atoms with Crippen LogP contribution < -0.4 is 10.1 Å². The molecule has 1 aromatic heterocycles. The van der Waals surface area contributed by atoms with Crippen molar-refractivity contribution in [3.63, 3.8) is 0 Å². The number of aliphatic hydroxyl groups is 1. The van der Waals surface area contributed by atoms with Gasteiger partial charge in [-0.25, -0.2) is 0 Å². The van der Waals surface area contributed by atoms with Crippen LogP contribution in [0.2, 0.25) is 0 Å². The Balaban J connectivity index is 1.15. The average molecular weight is 627 g/mol. The van der Waals surface area contributed by atoms with Crippen molar-refractivity contribution in [2.45, 2.75) is 81.1 Å². The minimum Gasteiger partial charge on any atom is -0.508 e.